The summed E-state index contributed by atoms with van der Waals surface area (Å²) in [4.78, 5) is 30.1. The Morgan fingerprint density at radius 2 is 1.94 bits per heavy atom. The van der Waals surface area contributed by atoms with Crippen LogP contribution in [0, 0.1) is 5.82 Å². The van der Waals surface area contributed by atoms with Gasteiger partial charge in [0.15, 0.2) is 5.17 Å². The number of amidine groups is 1. The molecule has 1 atom stereocenters. The molecule has 0 saturated carbocycles. The van der Waals surface area contributed by atoms with Gasteiger partial charge in [0.1, 0.15) is 30.4 Å². The second-order valence-electron chi connectivity index (χ2n) is 10.2. The van der Waals surface area contributed by atoms with Crippen molar-refractivity contribution in [3.8, 4) is 0 Å². The maximum atomic E-state index is 14.8. The van der Waals surface area contributed by atoms with Gasteiger partial charge in [-0.15, -0.1) is 0 Å². The Hall–Kier alpha value is -1.76. The summed E-state index contributed by atoms with van der Waals surface area (Å²) >= 11 is 3.89. The number of alkyl halides is 1. The Morgan fingerprint density at radius 3 is 2.49 bits per heavy atom. The standard InChI is InChI=1S/C23H31BrF2N2O5SSi/c1-22(2,3)33-21(31)28(14-32-9-10-35(4,5)6)20-27-23(13-25,12-18(34-20)19(29)30)16-11-15(24)7-8-17(16)26/h7-8,11-12H,9-10,13-14H2,1-6H3,(H,29,30). The van der Waals surface area contributed by atoms with Crippen molar-refractivity contribution < 1.29 is 33.0 Å². The smallest absolute Gasteiger partial charge is 0.418 e. The van der Waals surface area contributed by atoms with Gasteiger partial charge in [0, 0.05) is 24.7 Å². The summed E-state index contributed by atoms with van der Waals surface area (Å²) < 4.78 is 41.1. The van der Waals surface area contributed by atoms with Crippen molar-refractivity contribution in [1.29, 1.82) is 0 Å². The van der Waals surface area contributed by atoms with Crippen LogP contribution < -0.4 is 0 Å². The molecular weight excluding hydrogens is 562 g/mol. The summed E-state index contributed by atoms with van der Waals surface area (Å²) in [5.74, 6) is -2.13. The lowest BCUT2D eigenvalue weighted by Gasteiger charge is -2.34. The second-order valence-corrected chi connectivity index (χ2v) is 17.8. The zero-order valence-corrected chi connectivity index (χ0v) is 24.1. The lowest BCUT2D eigenvalue weighted by molar-refractivity contribution is -0.131. The highest BCUT2D eigenvalue weighted by Gasteiger charge is 2.41. The van der Waals surface area contributed by atoms with Gasteiger partial charge < -0.3 is 14.6 Å². The van der Waals surface area contributed by atoms with E-state index in [0.717, 1.165) is 23.1 Å². The molecule has 1 aliphatic heterocycles. The van der Waals surface area contributed by atoms with Gasteiger partial charge in [-0.05, 0) is 62.9 Å². The number of rotatable bonds is 8. The van der Waals surface area contributed by atoms with Gasteiger partial charge in [-0.25, -0.2) is 28.3 Å². The van der Waals surface area contributed by atoms with E-state index >= 15 is 0 Å². The molecule has 35 heavy (non-hydrogen) atoms. The van der Waals surface area contributed by atoms with Crippen LogP contribution in [0.2, 0.25) is 25.7 Å². The molecule has 1 aliphatic rings. The van der Waals surface area contributed by atoms with Gasteiger partial charge >= 0.3 is 12.1 Å². The van der Waals surface area contributed by atoms with Crippen LogP contribution in [0.25, 0.3) is 0 Å². The van der Waals surface area contributed by atoms with E-state index in [1.54, 1.807) is 20.8 Å². The van der Waals surface area contributed by atoms with Crippen LogP contribution in [-0.4, -0.2) is 60.9 Å². The van der Waals surface area contributed by atoms with E-state index in [1.165, 1.54) is 12.1 Å². The van der Waals surface area contributed by atoms with Crippen LogP contribution in [0.1, 0.15) is 26.3 Å². The van der Waals surface area contributed by atoms with Gasteiger partial charge in [-0.3, -0.25) is 0 Å². The molecule has 0 bridgehead atoms. The van der Waals surface area contributed by atoms with Crippen LogP contribution >= 0.6 is 27.7 Å². The van der Waals surface area contributed by atoms with Crippen LogP contribution in [0.4, 0.5) is 13.6 Å². The number of hydrogen-bond acceptors (Lipinski definition) is 6. The molecular formula is C23H31BrF2N2O5SSi. The van der Waals surface area contributed by atoms with Crippen LogP contribution in [0.15, 0.2) is 38.6 Å². The Morgan fingerprint density at radius 1 is 1.29 bits per heavy atom. The third kappa shape index (κ3) is 8.40. The van der Waals surface area contributed by atoms with Gasteiger partial charge in [0.25, 0.3) is 0 Å². The van der Waals surface area contributed by atoms with Gasteiger partial charge in [0.2, 0.25) is 0 Å². The predicted octanol–water partition coefficient (Wildman–Crippen LogP) is 6.37. The van der Waals surface area contributed by atoms with Crippen molar-refractivity contribution in [3.63, 3.8) is 0 Å². The Labute approximate surface area is 218 Å². The first-order valence-electron chi connectivity index (χ1n) is 10.9. The minimum absolute atomic E-state index is 0.163. The summed E-state index contributed by atoms with van der Waals surface area (Å²) in [6.45, 7) is 10.4. The fourth-order valence-electron chi connectivity index (χ4n) is 2.94. The van der Waals surface area contributed by atoms with Crippen LogP contribution in [0.5, 0.6) is 0 Å². The molecule has 1 aromatic carbocycles. The van der Waals surface area contributed by atoms with Crippen molar-refractivity contribution in [1.82, 2.24) is 4.90 Å². The molecule has 0 aliphatic carbocycles. The van der Waals surface area contributed by atoms with E-state index < -0.39 is 43.8 Å². The number of hydrogen-bond donors (Lipinski definition) is 1. The molecule has 1 aromatic rings. The van der Waals surface area contributed by atoms with Gasteiger partial charge in [-0.1, -0.05) is 35.6 Å². The molecule has 0 radical (unpaired) electrons. The summed E-state index contributed by atoms with van der Waals surface area (Å²) in [6.07, 6.45) is 0.221. The number of aliphatic carboxylic acids is 1. The van der Waals surface area contributed by atoms with E-state index in [0.29, 0.717) is 22.8 Å². The number of carboxylic acids is 1. The lowest BCUT2D eigenvalue weighted by atomic mass is 9.90. The zero-order chi connectivity index (χ0) is 26.6. The Bertz CT molecular complexity index is 1030. The van der Waals surface area contributed by atoms with Crippen molar-refractivity contribution in [2.24, 2.45) is 4.99 Å². The number of benzene rings is 1. The molecule has 1 N–H and O–H groups in total. The number of ether oxygens (including phenoxy) is 2. The molecule has 0 aromatic heterocycles. The number of halogens is 3. The molecule has 7 nitrogen and oxygen atoms in total. The molecule has 1 unspecified atom stereocenters. The number of amides is 1. The van der Waals surface area contributed by atoms with Gasteiger partial charge in [-0.2, -0.15) is 0 Å². The highest BCUT2D eigenvalue weighted by atomic mass is 79.9. The number of carbonyl (C=O) groups excluding carboxylic acids is 1. The third-order valence-corrected chi connectivity index (χ3v) is 7.94. The van der Waals surface area contributed by atoms with E-state index in [2.05, 4.69) is 40.6 Å². The quantitative estimate of drug-likeness (QED) is 0.214. The van der Waals surface area contributed by atoms with E-state index in [-0.39, 0.29) is 22.4 Å². The van der Waals surface area contributed by atoms with E-state index in [4.69, 9.17) is 9.47 Å². The first-order valence-corrected chi connectivity index (χ1v) is 16.2. The molecule has 1 heterocycles. The highest BCUT2D eigenvalue weighted by molar-refractivity contribution is 9.10. The molecule has 2 rings (SSSR count). The largest absolute Gasteiger partial charge is 0.477 e. The second kappa shape index (κ2) is 11.5. The molecule has 0 spiro atoms. The summed E-state index contributed by atoms with van der Waals surface area (Å²) in [5.41, 5.74) is -3.04. The fourth-order valence-corrected chi connectivity index (χ4v) is 5.04. The highest BCUT2D eigenvalue weighted by Crippen LogP contribution is 2.41. The fraction of sp³-hybridized carbons (Fsp3) is 0.522. The minimum atomic E-state index is -2.00. The van der Waals surface area contributed by atoms with Crippen molar-refractivity contribution >= 4 is 53.0 Å². The molecule has 194 valence electrons. The SMILES string of the molecule is CC(C)(C)OC(=O)N(COCC[Si](C)(C)C)C1=NC(CF)(c2cc(Br)ccc2F)C=C(C(=O)O)S1. The zero-order valence-electron chi connectivity index (χ0n) is 20.7. The maximum Gasteiger partial charge on any atom is 0.418 e. The normalized spacial score (nSPS) is 18.5. The molecule has 0 saturated heterocycles. The molecule has 0 fully saturated rings. The summed E-state index contributed by atoms with van der Waals surface area (Å²) in [6, 6.07) is 4.73. The first-order chi connectivity index (χ1) is 16.1. The average molecular weight is 594 g/mol. The third-order valence-electron chi connectivity index (χ3n) is 4.74. The maximum absolute atomic E-state index is 14.8. The van der Waals surface area contributed by atoms with E-state index in [1.807, 2.05) is 0 Å². The predicted molar refractivity (Wildman–Crippen MR) is 140 cm³/mol. The van der Waals surface area contributed by atoms with Crippen LogP contribution in [-0.2, 0) is 19.8 Å². The Kier molecular flexibility index (Phi) is 9.71. The van der Waals surface area contributed by atoms with Gasteiger partial charge in [0.05, 0.1) is 4.91 Å². The molecule has 1 amide bonds. The molecule has 12 heteroatoms. The monoisotopic (exact) mass is 592 g/mol. The van der Waals surface area contributed by atoms with Crippen molar-refractivity contribution in [2.45, 2.75) is 57.6 Å². The number of carboxylic acid groups (broad SMARTS) is 1. The first kappa shape index (κ1) is 29.5. The number of nitrogens with zero attached hydrogens (tertiary/aromatic N) is 2. The summed E-state index contributed by atoms with van der Waals surface area (Å²) in [5, 5.41) is 9.57. The van der Waals surface area contributed by atoms with Crippen molar-refractivity contribution in [3.05, 3.63) is 45.0 Å². The topological polar surface area (TPSA) is 88.4 Å². The summed E-state index contributed by atoms with van der Waals surface area (Å²) in [7, 11) is -1.42. The van der Waals surface area contributed by atoms with E-state index in [9.17, 15) is 23.5 Å². The average Bonchev–Trinajstić information content (AvgIpc) is 2.72. The van der Waals surface area contributed by atoms with Crippen LogP contribution in [0.3, 0.4) is 0 Å². The minimum Gasteiger partial charge on any atom is -0.477 e. The number of carbonyl (C=O) groups is 2. The number of aliphatic imine (C=N–C) groups is 1. The Balaban J connectivity index is 2.56. The number of thioether (sulfide) groups is 1. The van der Waals surface area contributed by atoms with Crippen molar-refractivity contribution in [2.75, 3.05) is 20.0 Å². The lowest BCUT2D eigenvalue weighted by Crippen LogP contribution is -2.44.